The summed E-state index contributed by atoms with van der Waals surface area (Å²) in [5.74, 6) is 0.369. The summed E-state index contributed by atoms with van der Waals surface area (Å²) in [5, 5.41) is 12.5. The summed E-state index contributed by atoms with van der Waals surface area (Å²) in [6.07, 6.45) is 0.955. The minimum atomic E-state index is 0.271. The van der Waals surface area contributed by atoms with Gasteiger partial charge in [-0.2, -0.15) is 0 Å². The average molecular weight is 202 g/mol. The molecule has 0 saturated carbocycles. The maximum atomic E-state index is 9.19. The smallest absolute Gasteiger partial charge is 0.0472 e. The summed E-state index contributed by atoms with van der Waals surface area (Å²) in [4.78, 5) is 2.41. The molecule has 1 heterocycles. The van der Waals surface area contributed by atoms with Crippen LogP contribution >= 0.6 is 0 Å². The molecule has 0 radical (unpaired) electrons. The molecular formula is C10H22N2O2. The van der Waals surface area contributed by atoms with E-state index < -0.39 is 0 Å². The predicted octanol–water partition coefficient (Wildman–Crippen LogP) is -0.463. The fraction of sp³-hybridized carbons (Fsp3) is 1.00. The molecule has 14 heavy (non-hydrogen) atoms. The molecule has 0 spiro atoms. The zero-order valence-electron chi connectivity index (χ0n) is 9.04. The summed E-state index contributed by atoms with van der Waals surface area (Å²) < 4.78 is 5.02. The number of methoxy groups -OCH3 is 1. The second-order valence-corrected chi connectivity index (χ2v) is 3.88. The van der Waals surface area contributed by atoms with Gasteiger partial charge in [-0.25, -0.2) is 0 Å². The molecular weight excluding hydrogens is 180 g/mol. The number of nitrogens with zero attached hydrogens (tertiary/aromatic N) is 1. The van der Waals surface area contributed by atoms with Gasteiger partial charge >= 0.3 is 0 Å². The van der Waals surface area contributed by atoms with Crippen molar-refractivity contribution in [2.24, 2.45) is 5.92 Å². The lowest BCUT2D eigenvalue weighted by molar-refractivity contribution is 0.113. The van der Waals surface area contributed by atoms with Gasteiger partial charge in [0.05, 0.1) is 0 Å². The van der Waals surface area contributed by atoms with Crippen molar-refractivity contribution in [1.29, 1.82) is 0 Å². The third-order valence-corrected chi connectivity index (χ3v) is 2.71. The molecule has 0 bridgehead atoms. The molecule has 4 nitrogen and oxygen atoms in total. The van der Waals surface area contributed by atoms with E-state index in [-0.39, 0.29) is 6.61 Å². The molecule has 0 aliphatic carbocycles. The maximum absolute atomic E-state index is 9.19. The molecule has 84 valence electrons. The summed E-state index contributed by atoms with van der Waals surface area (Å²) in [6, 6.07) is 0. The Kier molecular flexibility index (Phi) is 6.10. The fourth-order valence-corrected chi connectivity index (χ4v) is 1.78. The second kappa shape index (κ2) is 7.17. The number of nitrogens with one attached hydrogen (secondary N) is 1. The Morgan fingerprint density at radius 3 is 2.71 bits per heavy atom. The van der Waals surface area contributed by atoms with Crippen LogP contribution in [-0.4, -0.2) is 63.1 Å². The molecule has 1 atom stereocenters. The Labute approximate surface area is 86.2 Å². The molecule has 1 aliphatic heterocycles. The van der Waals surface area contributed by atoms with E-state index in [9.17, 15) is 5.11 Å². The van der Waals surface area contributed by atoms with Crippen LogP contribution in [0.4, 0.5) is 0 Å². The van der Waals surface area contributed by atoms with Crippen LogP contribution in [0.2, 0.25) is 0 Å². The number of rotatable bonds is 6. The molecule has 0 aromatic rings. The number of piperazine rings is 1. The molecule has 1 aliphatic rings. The van der Waals surface area contributed by atoms with Crippen LogP contribution in [0.3, 0.4) is 0 Å². The van der Waals surface area contributed by atoms with E-state index in [1.807, 2.05) is 0 Å². The first-order chi connectivity index (χ1) is 6.86. The van der Waals surface area contributed by atoms with Crippen LogP contribution in [-0.2, 0) is 4.74 Å². The number of aliphatic hydroxyl groups is 1. The van der Waals surface area contributed by atoms with Crippen molar-refractivity contribution in [2.75, 3.05) is 53.0 Å². The summed E-state index contributed by atoms with van der Waals surface area (Å²) >= 11 is 0. The Morgan fingerprint density at radius 1 is 1.43 bits per heavy atom. The lowest BCUT2D eigenvalue weighted by atomic mass is 10.1. The lowest BCUT2D eigenvalue weighted by Crippen LogP contribution is -2.45. The average Bonchev–Trinajstić information content (AvgIpc) is 2.25. The standard InChI is InChI=1S/C10H22N2O2/c1-14-7-2-10(9-13)8-12-5-3-11-4-6-12/h10-11,13H,2-9H2,1H3. The molecule has 1 fully saturated rings. The normalized spacial score (nSPS) is 21.0. The molecule has 1 saturated heterocycles. The number of aliphatic hydroxyl groups excluding tert-OH is 1. The highest BCUT2D eigenvalue weighted by atomic mass is 16.5. The van der Waals surface area contributed by atoms with Gasteiger partial charge in [-0.3, -0.25) is 0 Å². The Hall–Kier alpha value is -0.160. The van der Waals surface area contributed by atoms with Crippen molar-refractivity contribution in [1.82, 2.24) is 10.2 Å². The summed E-state index contributed by atoms with van der Waals surface area (Å²) in [5.41, 5.74) is 0. The highest BCUT2D eigenvalue weighted by Gasteiger charge is 2.15. The molecule has 4 heteroatoms. The van der Waals surface area contributed by atoms with Gasteiger partial charge in [-0.15, -0.1) is 0 Å². The van der Waals surface area contributed by atoms with E-state index in [0.717, 1.165) is 45.8 Å². The minimum absolute atomic E-state index is 0.271. The van der Waals surface area contributed by atoms with Gasteiger partial charge in [0, 0.05) is 53.0 Å². The van der Waals surface area contributed by atoms with Gasteiger partial charge < -0.3 is 20.1 Å². The van der Waals surface area contributed by atoms with Crippen LogP contribution in [0, 0.1) is 5.92 Å². The van der Waals surface area contributed by atoms with Gasteiger partial charge in [0.2, 0.25) is 0 Å². The SMILES string of the molecule is COCCC(CO)CN1CCNCC1. The Morgan fingerprint density at radius 2 is 2.14 bits per heavy atom. The van der Waals surface area contributed by atoms with Crippen LogP contribution in [0.5, 0.6) is 0 Å². The quantitative estimate of drug-likeness (QED) is 0.611. The highest BCUT2D eigenvalue weighted by molar-refractivity contribution is 4.71. The van der Waals surface area contributed by atoms with E-state index in [2.05, 4.69) is 10.2 Å². The van der Waals surface area contributed by atoms with Crippen LogP contribution in [0.15, 0.2) is 0 Å². The van der Waals surface area contributed by atoms with Crippen molar-refractivity contribution in [3.63, 3.8) is 0 Å². The zero-order chi connectivity index (χ0) is 10.2. The fourth-order valence-electron chi connectivity index (χ4n) is 1.78. The van der Waals surface area contributed by atoms with Crippen molar-refractivity contribution >= 4 is 0 Å². The zero-order valence-corrected chi connectivity index (χ0v) is 9.04. The van der Waals surface area contributed by atoms with Crippen molar-refractivity contribution in [3.05, 3.63) is 0 Å². The molecule has 2 N–H and O–H groups in total. The number of hydrogen-bond donors (Lipinski definition) is 2. The first-order valence-electron chi connectivity index (χ1n) is 5.39. The highest BCUT2D eigenvalue weighted by Crippen LogP contribution is 2.06. The molecule has 0 aromatic heterocycles. The minimum Gasteiger partial charge on any atom is -0.396 e. The predicted molar refractivity (Wildman–Crippen MR) is 56.4 cm³/mol. The second-order valence-electron chi connectivity index (χ2n) is 3.88. The monoisotopic (exact) mass is 202 g/mol. The van der Waals surface area contributed by atoms with E-state index >= 15 is 0 Å². The maximum Gasteiger partial charge on any atom is 0.0472 e. The third-order valence-electron chi connectivity index (χ3n) is 2.71. The summed E-state index contributed by atoms with van der Waals surface area (Å²) in [6.45, 7) is 6.37. The largest absolute Gasteiger partial charge is 0.396 e. The number of ether oxygens (including phenoxy) is 1. The van der Waals surface area contributed by atoms with Crippen LogP contribution in [0.1, 0.15) is 6.42 Å². The van der Waals surface area contributed by atoms with Gasteiger partial charge in [0.25, 0.3) is 0 Å². The van der Waals surface area contributed by atoms with Gasteiger partial charge in [-0.1, -0.05) is 0 Å². The van der Waals surface area contributed by atoms with Gasteiger partial charge in [0.15, 0.2) is 0 Å². The molecule has 0 aromatic carbocycles. The van der Waals surface area contributed by atoms with Gasteiger partial charge in [0.1, 0.15) is 0 Å². The van der Waals surface area contributed by atoms with Crippen molar-refractivity contribution in [3.8, 4) is 0 Å². The first-order valence-corrected chi connectivity index (χ1v) is 5.39. The van der Waals surface area contributed by atoms with Crippen molar-refractivity contribution in [2.45, 2.75) is 6.42 Å². The topological polar surface area (TPSA) is 44.7 Å². The molecule has 0 amide bonds. The van der Waals surface area contributed by atoms with E-state index in [1.165, 1.54) is 0 Å². The number of hydrogen-bond acceptors (Lipinski definition) is 4. The van der Waals surface area contributed by atoms with E-state index in [0.29, 0.717) is 5.92 Å². The third kappa shape index (κ3) is 4.37. The van der Waals surface area contributed by atoms with E-state index in [1.54, 1.807) is 7.11 Å². The molecule has 1 rings (SSSR count). The lowest BCUT2D eigenvalue weighted by Gasteiger charge is -2.30. The van der Waals surface area contributed by atoms with Gasteiger partial charge in [-0.05, 0) is 12.3 Å². The van der Waals surface area contributed by atoms with Crippen molar-refractivity contribution < 1.29 is 9.84 Å². The first kappa shape index (κ1) is 11.9. The Bertz CT molecular complexity index is 138. The summed E-state index contributed by atoms with van der Waals surface area (Å²) in [7, 11) is 1.71. The van der Waals surface area contributed by atoms with Crippen LogP contribution < -0.4 is 5.32 Å². The van der Waals surface area contributed by atoms with Crippen LogP contribution in [0.25, 0.3) is 0 Å². The molecule has 1 unspecified atom stereocenters. The van der Waals surface area contributed by atoms with E-state index in [4.69, 9.17) is 4.74 Å². The Balaban J connectivity index is 2.16.